The highest BCUT2D eigenvalue weighted by molar-refractivity contribution is 7.09. The molecule has 1 heterocycles. The molecule has 0 fully saturated rings. The van der Waals surface area contributed by atoms with E-state index in [2.05, 4.69) is 36.0 Å². The number of aromatic nitrogens is 1. The quantitative estimate of drug-likeness (QED) is 0.702. The Labute approximate surface area is 135 Å². The molecule has 0 N–H and O–H groups in total. The second kappa shape index (κ2) is 7.78. The largest absolute Gasteiger partial charge is 0.497 e. The first-order valence-corrected chi connectivity index (χ1v) is 8.42. The van der Waals surface area contributed by atoms with Gasteiger partial charge in [0, 0.05) is 11.9 Å². The Bertz CT molecular complexity index is 573. The molecule has 0 amide bonds. The van der Waals surface area contributed by atoms with E-state index in [-0.39, 0.29) is 0 Å². The molecule has 0 aliphatic carbocycles. The fourth-order valence-electron chi connectivity index (χ4n) is 2.38. The Balaban J connectivity index is 2.10. The first kappa shape index (κ1) is 16.3. The second-order valence-electron chi connectivity index (χ2n) is 5.00. The van der Waals surface area contributed by atoms with Gasteiger partial charge in [-0.3, -0.25) is 4.90 Å². The number of ether oxygens (including phenoxy) is 1. The third-order valence-corrected chi connectivity index (χ3v) is 4.74. The summed E-state index contributed by atoms with van der Waals surface area (Å²) in [5.41, 5.74) is 2.20. The van der Waals surface area contributed by atoms with Crippen molar-refractivity contribution < 1.29 is 4.74 Å². The fraction of sp³-hybridized carbons (Fsp3) is 0.438. The van der Waals surface area contributed by atoms with Crippen LogP contribution in [0.3, 0.4) is 0 Å². The minimum absolute atomic E-state index is 0.318. The highest BCUT2D eigenvalue weighted by atomic mass is 35.5. The van der Waals surface area contributed by atoms with E-state index in [1.807, 2.05) is 17.5 Å². The van der Waals surface area contributed by atoms with E-state index in [4.69, 9.17) is 16.3 Å². The summed E-state index contributed by atoms with van der Waals surface area (Å²) in [5, 5.41) is 3.18. The molecule has 0 saturated heterocycles. The average molecular weight is 325 g/mol. The summed E-state index contributed by atoms with van der Waals surface area (Å²) >= 11 is 7.54. The molecular weight excluding hydrogens is 304 g/mol. The van der Waals surface area contributed by atoms with Gasteiger partial charge in [-0.2, -0.15) is 0 Å². The minimum atomic E-state index is 0.318. The molecule has 1 aromatic carbocycles. The molecule has 1 unspecified atom stereocenters. The first-order chi connectivity index (χ1) is 10.2. The molecule has 5 heteroatoms. The van der Waals surface area contributed by atoms with Crippen LogP contribution in [-0.2, 0) is 12.4 Å². The number of thiazole rings is 1. The Morgan fingerprint density at radius 2 is 2.24 bits per heavy atom. The molecule has 114 valence electrons. The van der Waals surface area contributed by atoms with Crippen molar-refractivity contribution in [1.29, 1.82) is 0 Å². The lowest BCUT2D eigenvalue weighted by molar-refractivity contribution is 0.229. The van der Waals surface area contributed by atoms with Gasteiger partial charge in [-0.05, 0) is 31.2 Å². The maximum Gasteiger partial charge on any atom is 0.119 e. The number of benzene rings is 1. The van der Waals surface area contributed by atoms with Crippen LogP contribution in [0.15, 0.2) is 29.6 Å². The van der Waals surface area contributed by atoms with E-state index in [1.165, 1.54) is 5.56 Å². The van der Waals surface area contributed by atoms with Gasteiger partial charge >= 0.3 is 0 Å². The van der Waals surface area contributed by atoms with E-state index in [0.29, 0.717) is 11.9 Å². The Morgan fingerprint density at radius 3 is 2.86 bits per heavy atom. The van der Waals surface area contributed by atoms with E-state index in [9.17, 15) is 0 Å². The van der Waals surface area contributed by atoms with Gasteiger partial charge in [0.05, 0.1) is 24.7 Å². The summed E-state index contributed by atoms with van der Waals surface area (Å²) in [4.78, 5) is 6.94. The third kappa shape index (κ3) is 4.19. The average Bonchev–Trinajstić information content (AvgIpc) is 2.97. The van der Waals surface area contributed by atoms with Crippen molar-refractivity contribution in [2.24, 2.45) is 0 Å². The molecule has 2 aromatic rings. The Kier molecular flexibility index (Phi) is 6.03. The van der Waals surface area contributed by atoms with Crippen LogP contribution in [0.25, 0.3) is 0 Å². The smallest absolute Gasteiger partial charge is 0.119 e. The molecule has 1 aromatic heterocycles. The standard InChI is InChI=1S/C16H21ClN2OS/c1-4-15(16-18-13(9-17)11-21-16)19(2)10-12-6-5-7-14(8-12)20-3/h5-8,11,15H,4,9-10H2,1-3H3. The summed E-state index contributed by atoms with van der Waals surface area (Å²) in [6, 6.07) is 8.51. The van der Waals surface area contributed by atoms with Crippen LogP contribution < -0.4 is 4.74 Å². The number of hydrogen-bond donors (Lipinski definition) is 0. The van der Waals surface area contributed by atoms with Crippen LogP contribution in [0, 0.1) is 0 Å². The summed E-state index contributed by atoms with van der Waals surface area (Å²) in [6.07, 6.45) is 1.02. The minimum Gasteiger partial charge on any atom is -0.497 e. The van der Waals surface area contributed by atoms with Gasteiger partial charge in [0.25, 0.3) is 0 Å². The van der Waals surface area contributed by atoms with Crippen LogP contribution in [0.1, 0.15) is 35.7 Å². The lowest BCUT2D eigenvalue weighted by atomic mass is 10.1. The summed E-state index contributed by atoms with van der Waals surface area (Å²) in [5.74, 6) is 1.37. The molecule has 0 aliphatic rings. The van der Waals surface area contributed by atoms with Crippen LogP contribution >= 0.6 is 22.9 Å². The van der Waals surface area contributed by atoms with Crippen molar-refractivity contribution in [2.75, 3.05) is 14.2 Å². The molecule has 0 spiro atoms. The number of rotatable bonds is 7. The van der Waals surface area contributed by atoms with Crippen molar-refractivity contribution in [1.82, 2.24) is 9.88 Å². The molecule has 2 rings (SSSR count). The molecular formula is C16H21ClN2OS. The normalized spacial score (nSPS) is 12.6. The van der Waals surface area contributed by atoms with Crippen molar-refractivity contribution in [2.45, 2.75) is 31.8 Å². The summed E-state index contributed by atoms with van der Waals surface area (Å²) in [7, 11) is 3.83. The number of hydrogen-bond acceptors (Lipinski definition) is 4. The maximum atomic E-state index is 5.85. The number of methoxy groups -OCH3 is 1. The summed E-state index contributed by atoms with van der Waals surface area (Å²) < 4.78 is 5.28. The zero-order valence-electron chi connectivity index (χ0n) is 12.7. The van der Waals surface area contributed by atoms with Crippen LogP contribution in [0.2, 0.25) is 0 Å². The second-order valence-corrected chi connectivity index (χ2v) is 6.16. The van der Waals surface area contributed by atoms with E-state index in [0.717, 1.165) is 29.4 Å². The monoisotopic (exact) mass is 324 g/mol. The van der Waals surface area contributed by atoms with Gasteiger partial charge < -0.3 is 4.74 Å². The van der Waals surface area contributed by atoms with Crippen LogP contribution in [0.4, 0.5) is 0 Å². The van der Waals surface area contributed by atoms with Crippen molar-refractivity contribution in [3.05, 3.63) is 45.9 Å². The van der Waals surface area contributed by atoms with Crippen LogP contribution in [-0.4, -0.2) is 24.0 Å². The van der Waals surface area contributed by atoms with Crippen molar-refractivity contribution in [3.8, 4) is 5.75 Å². The SMILES string of the molecule is CCC(c1nc(CCl)cs1)N(C)Cc1cccc(OC)c1. The predicted molar refractivity (Wildman–Crippen MR) is 89.2 cm³/mol. The zero-order valence-corrected chi connectivity index (χ0v) is 14.2. The molecule has 0 radical (unpaired) electrons. The van der Waals surface area contributed by atoms with Crippen molar-refractivity contribution in [3.63, 3.8) is 0 Å². The topological polar surface area (TPSA) is 25.4 Å². The fourth-order valence-corrected chi connectivity index (χ4v) is 3.68. The van der Waals surface area contributed by atoms with Gasteiger partial charge in [0.15, 0.2) is 0 Å². The molecule has 1 atom stereocenters. The molecule has 0 bridgehead atoms. The van der Waals surface area contributed by atoms with Gasteiger partial charge in [-0.1, -0.05) is 19.1 Å². The molecule has 0 aliphatic heterocycles. The maximum absolute atomic E-state index is 5.85. The van der Waals surface area contributed by atoms with Gasteiger partial charge in [0.1, 0.15) is 10.8 Å². The zero-order chi connectivity index (χ0) is 15.2. The van der Waals surface area contributed by atoms with E-state index >= 15 is 0 Å². The first-order valence-electron chi connectivity index (χ1n) is 7.01. The van der Waals surface area contributed by atoms with Gasteiger partial charge in [-0.15, -0.1) is 22.9 Å². The predicted octanol–water partition coefficient (Wildman–Crippen LogP) is 4.47. The highest BCUT2D eigenvalue weighted by Crippen LogP contribution is 2.28. The van der Waals surface area contributed by atoms with Gasteiger partial charge in [0.2, 0.25) is 0 Å². The van der Waals surface area contributed by atoms with Crippen molar-refractivity contribution >= 4 is 22.9 Å². The molecule has 3 nitrogen and oxygen atoms in total. The van der Waals surface area contributed by atoms with E-state index < -0.39 is 0 Å². The highest BCUT2D eigenvalue weighted by Gasteiger charge is 2.19. The number of alkyl halides is 1. The lowest BCUT2D eigenvalue weighted by Crippen LogP contribution is -2.23. The lowest BCUT2D eigenvalue weighted by Gasteiger charge is -2.25. The Morgan fingerprint density at radius 1 is 1.43 bits per heavy atom. The van der Waals surface area contributed by atoms with E-state index in [1.54, 1.807) is 18.4 Å². The molecule has 21 heavy (non-hydrogen) atoms. The Hall–Kier alpha value is -1.10. The summed E-state index contributed by atoms with van der Waals surface area (Å²) in [6.45, 7) is 3.06. The molecule has 0 saturated carbocycles. The van der Waals surface area contributed by atoms with Crippen LogP contribution in [0.5, 0.6) is 5.75 Å². The number of nitrogens with zero attached hydrogens (tertiary/aromatic N) is 2. The van der Waals surface area contributed by atoms with Gasteiger partial charge in [-0.25, -0.2) is 4.98 Å². The third-order valence-electron chi connectivity index (χ3n) is 3.48. The number of halogens is 1.